The van der Waals surface area contributed by atoms with E-state index in [-0.39, 0.29) is 30.9 Å². The van der Waals surface area contributed by atoms with E-state index in [9.17, 15) is 9.59 Å². The van der Waals surface area contributed by atoms with E-state index < -0.39 is 0 Å². The molecule has 2 aromatic carbocycles. The van der Waals surface area contributed by atoms with Crippen LogP contribution in [0.15, 0.2) is 48.5 Å². The number of methoxy groups -OCH3 is 2. The second-order valence-corrected chi connectivity index (χ2v) is 8.33. The number of amides is 3. The predicted octanol–water partition coefficient (Wildman–Crippen LogP) is 3.14. The van der Waals surface area contributed by atoms with Crippen LogP contribution >= 0.6 is 0 Å². The predicted molar refractivity (Wildman–Crippen MR) is 135 cm³/mol. The average molecular weight is 485 g/mol. The highest BCUT2D eigenvalue weighted by Gasteiger charge is 2.23. The summed E-state index contributed by atoms with van der Waals surface area (Å²) >= 11 is 0. The van der Waals surface area contributed by atoms with E-state index in [1.54, 1.807) is 30.2 Å². The van der Waals surface area contributed by atoms with E-state index in [0.29, 0.717) is 23.7 Å². The van der Waals surface area contributed by atoms with Crippen LogP contribution in [0.5, 0.6) is 11.5 Å². The monoisotopic (exact) mass is 484 g/mol. The second kappa shape index (κ2) is 13.6. The van der Waals surface area contributed by atoms with Crippen molar-refractivity contribution in [2.45, 2.75) is 19.4 Å². The van der Waals surface area contributed by atoms with Crippen LogP contribution in [0.3, 0.4) is 0 Å². The number of urea groups is 1. The third kappa shape index (κ3) is 7.87. The lowest BCUT2D eigenvalue weighted by molar-refractivity contribution is -0.121. The van der Waals surface area contributed by atoms with Gasteiger partial charge in [0.1, 0.15) is 11.5 Å². The maximum Gasteiger partial charge on any atom is 0.322 e. The van der Waals surface area contributed by atoms with Crippen LogP contribution in [0.25, 0.3) is 0 Å². The maximum absolute atomic E-state index is 13.4. The molecule has 1 atom stereocenters. The molecule has 1 saturated heterocycles. The van der Waals surface area contributed by atoms with Crippen molar-refractivity contribution >= 4 is 17.6 Å². The molecule has 2 N–H and O–H groups in total. The second-order valence-electron chi connectivity index (χ2n) is 8.33. The minimum atomic E-state index is -0.314. The van der Waals surface area contributed by atoms with Gasteiger partial charge in [-0.1, -0.05) is 30.3 Å². The van der Waals surface area contributed by atoms with Crippen LogP contribution in [0.4, 0.5) is 10.5 Å². The summed E-state index contributed by atoms with van der Waals surface area (Å²) in [5.74, 6) is 1.03. The molecule has 190 valence electrons. The topological polar surface area (TPSA) is 92.4 Å². The summed E-state index contributed by atoms with van der Waals surface area (Å²) in [6.45, 7) is 6.81. The number of nitrogens with zero attached hydrogens (tertiary/aromatic N) is 2. The van der Waals surface area contributed by atoms with Gasteiger partial charge in [-0.3, -0.25) is 9.69 Å². The van der Waals surface area contributed by atoms with Crippen LogP contribution in [0, 0.1) is 0 Å². The van der Waals surface area contributed by atoms with E-state index in [1.807, 2.05) is 37.3 Å². The normalized spacial score (nSPS) is 14.6. The Hall–Kier alpha value is -3.30. The van der Waals surface area contributed by atoms with Gasteiger partial charge >= 0.3 is 6.03 Å². The molecule has 9 nitrogen and oxygen atoms in total. The molecule has 0 aromatic heterocycles. The molecular weight excluding hydrogens is 448 g/mol. The first kappa shape index (κ1) is 26.3. The van der Waals surface area contributed by atoms with Gasteiger partial charge in [0.25, 0.3) is 0 Å². The Morgan fingerprint density at radius 3 is 2.51 bits per heavy atom. The number of benzene rings is 2. The Morgan fingerprint density at radius 2 is 1.83 bits per heavy atom. The highest BCUT2D eigenvalue weighted by atomic mass is 16.5. The van der Waals surface area contributed by atoms with Gasteiger partial charge < -0.3 is 29.7 Å². The summed E-state index contributed by atoms with van der Waals surface area (Å²) in [6.07, 6.45) is 0.202. The van der Waals surface area contributed by atoms with Crippen LogP contribution in [-0.4, -0.2) is 81.9 Å². The largest absolute Gasteiger partial charge is 0.497 e. The first-order chi connectivity index (χ1) is 17.0. The number of hydrogen-bond acceptors (Lipinski definition) is 6. The number of rotatable bonds is 11. The van der Waals surface area contributed by atoms with Crippen molar-refractivity contribution in [1.82, 2.24) is 15.1 Å². The summed E-state index contributed by atoms with van der Waals surface area (Å²) in [4.78, 5) is 29.8. The van der Waals surface area contributed by atoms with Gasteiger partial charge in [0.05, 0.1) is 39.2 Å². The zero-order valence-electron chi connectivity index (χ0n) is 20.8. The highest BCUT2D eigenvalue weighted by molar-refractivity contribution is 5.91. The van der Waals surface area contributed by atoms with Gasteiger partial charge in [-0.15, -0.1) is 0 Å². The van der Waals surface area contributed by atoms with Gasteiger partial charge in [-0.25, -0.2) is 4.79 Å². The fraction of sp³-hybridized carbons (Fsp3) is 0.462. The molecule has 0 bridgehead atoms. The summed E-state index contributed by atoms with van der Waals surface area (Å²) in [5, 5.41) is 5.90. The van der Waals surface area contributed by atoms with Gasteiger partial charge in [-0.05, 0) is 24.6 Å². The minimum absolute atomic E-state index is 0.0849. The Balaban J connectivity index is 1.63. The third-order valence-corrected chi connectivity index (χ3v) is 6.09. The summed E-state index contributed by atoms with van der Waals surface area (Å²) in [6, 6.07) is 14.4. The number of morpholine rings is 1. The van der Waals surface area contributed by atoms with Crippen molar-refractivity contribution in [1.29, 1.82) is 0 Å². The fourth-order valence-corrected chi connectivity index (χ4v) is 3.96. The zero-order chi connectivity index (χ0) is 25.0. The van der Waals surface area contributed by atoms with Crippen LogP contribution in [0.2, 0.25) is 0 Å². The molecule has 2 aromatic rings. The smallest absolute Gasteiger partial charge is 0.322 e. The van der Waals surface area contributed by atoms with Crippen molar-refractivity contribution in [2.24, 2.45) is 0 Å². The van der Waals surface area contributed by atoms with Crippen molar-refractivity contribution in [2.75, 3.05) is 65.5 Å². The fourth-order valence-electron chi connectivity index (χ4n) is 3.96. The number of ether oxygens (including phenoxy) is 3. The quantitative estimate of drug-likeness (QED) is 0.509. The summed E-state index contributed by atoms with van der Waals surface area (Å²) in [7, 11) is 3.11. The lowest BCUT2D eigenvalue weighted by Crippen LogP contribution is -2.42. The van der Waals surface area contributed by atoms with Crippen LogP contribution < -0.4 is 20.1 Å². The van der Waals surface area contributed by atoms with Crippen molar-refractivity contribution in [3.8, 4) is 11.5 Å². The molecule has 0 saturated carbocycles. The molecule has 1 fully saturated rings. The molecule has 1 heterocycles. The van der Waals surface area contributed by atoms with Gasteiger partial charge in [0.15, 0.2) is 0 Å². The van der Waals surface area contributed by atoms with Crippen molar-refractivity contribution in [3.05, 3.63) is 54.1 Å². The highest BCUT2D eigenvalue weighted by Crippen LogP contribution is 2.30. The van der Waals surface area contributed by atoms with Crippen molar-refractivity contribution < 1.29 is 23.8 Å². The molecule has 0 spiro atoms. The van der Waals surface area contributed by atoms with E-state index >= 15 is 0 Å². The number of carbonyl (C=O) groups is 2. The van der Waals surface area contributed by atoms with E-state index in [1.165, 1.54) is 7.11 Å². The van der Waals surface area contributed by atoms with E-state index in [4.69, 9.17) is 14.2 Å². The Bertz CT molecular complexity index is 950. The first-order valence-electron chi connectivity index (χ1n) is 11.9. The molecule has 9 heteroatoms. The molecule has 1 aliphatic heterocycles. The summed E-state index contributed by atoms with van der Waals surface area (Å²) in [5.41, 5.74) is 1.51. The standard InChI is InChI=1S/C26H36N4O5/c1-20(21-7-5-4-6-8-21)30(13-11-25(31)27-12-14-29-15-17-35-18-16-29)26(32)28-23-10-9-22(33-2)19-24(23)34-3/h4-10,19-20H,11-18H2,1-3H3,(H,27,31)(H,28,32). The molecule has 3 rings (SSSR count). The lowest BCUT2D eigenvalue weighted by Gasteiger charge is -2.30. The Morgan fingerprint density at radius 1 is 1.09 bits per heavy atom. The molecule has 3 amide bonds. The van der Waals surface area contributed by atoms with Gasteiger partial charge in [0.2, 0.25) is 5.91 Å². The summed E-state index contributed by atoms with van der Waals surface area (Å²) < 4.78 is 16.0. The van der Waals surface area contributed by atoms with Crippen LogP contribution in [-0.2, 0) is 9.53 Å². The SMILES string of the molecule is COc1ccc(NC(=O)N(CCC(=O)NCCN2CCOCC2)C(C)c2ccccc2)c(OC)c1. The van der Waals surface area contributed by atoms with Crippen LogP contribution in [0.1, 0.15) is 24.9 Å². The van der Waals surface area contributed by atoms with Gasteiger partial charge in [0, 0.05) is 45.2 Å². The van der Waals surface area contributed by atoms with Gasteiger partial charge in [-0.2, -0.15) is 0 Å². The number of carbonyl (C=O) groups excluding carboxylic acids is 2. The molecule has 35 heavy (non-hydrogen) atoms. The average Bonchev–Trinajstić information content (AvgIpc) is 2.90. The van der Waals surface area contributed by atoms with Crippen molar-refractivity contribution in [3.63, 3.8) is 0 Å². The maximum atomic E-state index is 13.4. The Kier molecular flexibility index (Phi) is 10.2. The first-order valence-corrected chi connectivity index (χ1v) is 11.9. The van der Waals surface area contributed by atoms with E-state index in [2.05, 4.69) is 15.5 Å². The minimum Gasteiger partial charge on any atom is -0.497 e. The number of anilines is 1. The number of hydrogen-bond donors (Lipinski definition) is 2. The molecule has 1 unspecified atom stereocenters. The molecular formula is C26H36N4O5. The molecule has 0 radical (unpaired) electrons. The number of nitrogens with one attached hydrogen (secondary N) is 2. The Labute approximate surface area is 207 Å². The molecule has 0 aliphatic carbocycles. The molecule has 1 aliphatic rings. The third-order valence-electron chi connectivity index (χ3n) is 6.09. The lowest BCUT2D eigenvalue weighted by atomic mass is 10.1. The zero-order valence-corrected chi connectivity index (χ0v) is 20.8. The van der Waals surface area contributed by atoms with E-state index in [0.717, 1.165) is 38.4 Å².